The number of nitrogens with zero attached hydrogens (tertiary/aromatic N) is 2. The van der Waals surface area contributed by atoms with Gasteiger partial charge in [-0.2, -0.15) is 0 Å². The predicted octanol–water partition coefficient (Wildman–Crippen LogP) is 5.30. The van der Waals surface area contributed by atoms with E-state index in [-0.39, 0.29) is 6.04 Å². The Morgan fingerprint density at radius 1 is 0.815 bits per heavy atom. The third-order valence-electron chi connectivity index (χ3n) is 5.38. The Labute approximate surface area is 162 Å². The first-order valence-electron chi connectivity index (χ1n) is 9.76. The van der Waals surface area contributed by atoms with Crippen molar-refractivity contribution < 1.29 is 0 Å². The Bertz CT molecular complexity index is 900. The summed E-state index contributed by atoms with van der Waals surface area (Å²) in [4.78, 5) is 7.63. The first kappa shape index (κ1) is 17.5. The van der Waals surface area contributed by atoms with Crippen LogP contribution >= 0.6 is 0 Å². The number of likely N-dealkylation sites (N-methyl/N-ethyl adjacent to an activating group) is 1. The van der Waals surface area contributed by atoms with Crippen LogP contribution in [0.15, 0.2) is 89.9 Å². The molecule has 1 heterocycles. The molecule has 1 aliphatic rings. The Kier molecular flexibility index (Phi) is 5.34. The minimum atomic E-state index is 0.0657. The molecular weight excluding hydrogens is 328 g/mol. The van der Waals surface area contributed by atoms with E-state index in [2.05, 4.69) is 96.9 Å². The summed E-state index contributed by atoms with van der Waals surface area (Å²) in [7, 11) is 2.18. The molecule has 1 atom stereocenters. The molecule has 1 unspecified atom stereocenters. The van der Waals surface area contributed by atoms with Crippen LogP contribution in [0.4, 0.5) is 0 Å². The van der Waals surface area contributed by atoms with Gasteiger partial charge >= 0.3 is 0 Å². The molecule has 0 saturated carbocycles. The van der Waals surface area contributed by atoms with Crippen LogP contribution in [0.2, 0.25) is 0 Å². The summed E-state index contributed by atoms with van der Waals surface area (Å²) < 4.78 is 0. The number of amidine groups is 1. The summed E-state index contributed by atoms with van der Waals surface area (Å²) in [5.41, 5.74) is 5.38. The van der Waals surface area contributed by atoms with Crippen LogP contribution in [-0.4, -0.2) is 24.3 Å². The number of fused-ring (bicyclic) bond motifs is 1. The molecule has 3 aromatic carbocycles. The highest BCUT2D eigenvalue weighted by Gasteiger charge is 2.21. The van der Waals surface area contributed by atoms with Gasteiger partial charge < -0.3 is 4.90 Å². The van der Waals surface area contributed by atoms with E-state index in [0.717, 1.165) is 25.8 Å². The summed E-state index contributed by atoms with van der Waals surface area (Å²) >= 11 is 0. The number of benzene rings is 3. The van der Waals surface area contributed by atoms with Crippen molar-refractivity contribution in [1.29, 1.82) is 0 Å². The number of hydrogen-bond donors (Lipinski definition) is 0. The SMILES string of the molecule is CN1CCc2ccccc2C(c2ccccc2)N=C1CCc1ccccc1. The molecule has 0 fully saturated rings. The number of hydrogen-bond acceptors (Lipinski definition) is 2. The molecule has 0 N–H and O–H groups in total. The first-order chi connectivity index (χ1) is 13.3. The fourth-order valence-electron chi connectivity index (χ4n) is 3.81. The second kappa shape index (κ2) is 8.22. The molecule has 0 aliphatic carbocycles. The zero-order chi connectivity index (χ0) is 18.5. The van der Waals surface area contributed by atoms with Gasteiger partial charge in [0.05, 0.1) is 0 Å². The highest BCUT2D eigenvalue weighted by atomic mass is 15.2. The van der Waals surface area contributed by atoms with Gasteiger partial charge in [0.2, 0.25) is 0 Å². The van der Waals surface area contributed by atoms with Gasteiger partial charge in [0.1, 0.15) is 11.9 Å². The minimum absolute atomic E-state index is 0.0657. The average molecular weight is 354 g/mol. The maximum absolute atomic E-state index is 5.29. The predicted molar refractivity (Wildman–Crippen MR) is 113 cm³/mol. The minimum Gasteiger partial charge on any atom is -0.363 e. The lowest BCUT2D eigenvalue weighted by Gasteiger charge is -2.28. The molecule has 0 spiro atoms. The number of aliphatic imine (C=N–C) groups is 1. The number of rotatable bonds is 4. The summed E-state index contributed by atoms with van der Waals surface area (Å²) in [6.07, 6.45) is 3.04. The molecule has 0 amide bonds. The normalized spacial score (nSPS) is 16.9. The zero-order valence-corrected chi connectivity index (χ0v) is 15.9. The smallest absolute Gasteiger partial charge is 0.102 e. The Hall–Kier alpha value is -2.87. The zero-order valence-electron chi connectivity index (χ0n) is 15.9. The van der Waals surface area contributed by atoms with E-state index in [4.69, 9.17) is 4.99 Å². The van der Waals surface area contributed by atoms with Gasteiger partial charge in [-0.1, -0.05) is 84.9 Å². The van der Waals surface area contributed by atoms with Gasteiger partial charge in [0.15, 0.2) is 0 Å². The fraction of sp³-hybridized carbons (Fsp3) is 0.240. The molecule has 3 aromatic rings. The topological polar surface area (TPSA) is 15.6 Å². The molecule has 0 radical (unpaired) electrons. The Morgan fingerprint density at radius 3 is 2.26 bits per heavy atom. The number of aryl methyl sites for hydroxylation is 1. The van der Waals surface area contributed by atoms with Gasteiger partial charge in [-0.05, 0) is 35.1 Å². The van der Waals surface area contributed by atoms with Crippen molar-refractivity contribution in [2.75, 3.05) is 13.6 Å². The summed E-state index contributed by atoms with van der Waals surface area (Å²) in [6.45, 7) is 1.01. The molecular formula is C25H26N2. The van der Waals surface area contributed by atoms with Crippen molar-refractivity contribution in [2.45, 2.75) is 25.3 Å². The van der Waals surface area contributed by atoms with Gasteiger partial charge in [-0.15, -0.1) is 0 Å². The fourth-order valence-corrected chi connectivity index (χ4v) is 3.81. The summed E-state index contributed by atoms with van der Waals surface area (Å²) in [6, 6.07) is 30.2. The maximum Gasteiger partial charge on any atom is 0.102 e. The van der Waals surface area contributed by atoms with Crippen LogP contribution in [0.3, 0.4) is 0 Å². The van der Waals surface area contributed by atoms with E-state index in [1.165, 1.54) is 28.1 Å². The third kappa shape index (κ3) is 4.11. The van der Waals surface area contributed by atoms with E-state index < -0.39 is 0 Å². The first-order valence-corrected chi connectivity index (χ1v) is 9.76. The van der Waals surface area contributed by atoms with Crippen LogP contribution in [0.25, 0.3) is 0 Å². The second-order valence-corrected chi connectivity index (χ2v) is 7.21. The molecule has 136 valence electrons. The standard InChI is InChI=1S/C25H26N2/c1-27-19-18-21-12-8-9-15-23(21)25(22-13-6-3-7-14-22)26-24(27)17-16-20-10-4-2-5-11-20/h2-15,25H,16-19H2,1H3. The van der Waals surface area contributed by atoms with Crippen LogP contribution in [0, 0.1) is 0 Å². The Balaban J connectivity index is 1.71. The van der Waals surface area contributed by atoms with Crippen molar-refractivity contribution in [1.82, 2.24) is 4.90 Å². The summed E-state index contributed by atoms with van der Waals surface area (Å²) in [5, 5.41) is 0. The highest BCUT2D eigenvalue weighted by Crippen LogP contribution is 2.31. The average Bonchev–Trinajstić information content (AvgIpc) is 2.73. The van der Waals surface area contributed by atoms with E-state index in [1.807, 2.05) is 0 Å². The van der Waals surface area contributed by atoms with Gasteiger partial charge in [0, 0.05) is 20.0 Å². The van der Waals surface area contributed by atoms with Crippen molar-refractivity contribution in [2.24, 2.45) is 4.99 Å². The monoisotopic (exact) mass is 354 g/mol. The molecule has 0 saturated heterocycles. The van der Waals surface area contributed by atoms with E-state index in [1.54, 1.807) is 0 Å². The van der Waals surface area contributed by atoms with E-state index in [9.17, 15) is 0 Å². The third-order valence-corrected chi connectivity index (χ3v) is 5.38. The lowest BCUT2D eigenvalue weighted by molar-refractivity contribution is 0.483. The maximum atomic E-state index is 5.29. The molecule has 4 rings (SSSR count). The molecule has 0 bridgehead atoms. The molecule has 0 aromatic heterocycles. The largest absolute Gasteiger partial charge is 0.363 e. The van der Waals surface area contributed by atoms with Crippen molar-refractivity contribution in [3.05, 3.63) is 107 Å². The molecule has 1 aliphatic heterocycles. The van der Waals surface area contributed by atoms with Crippen LogP contribution in [0.1, 0.15) is 34.7 Å². The molecule has 2 heteroatoms. The summed E-state index contributed by atoms with van der Waals surface area (Å²) in [5.74, 6) is 1.20. The lowest BCUT2D eigenvalue weighted by Crippen LogP contribution is -2.32. The Morgan fingerprint density at radius 2 is 1.48 bits per heavy atom. The van der Waals surface area contributed by atoms with Crippen molar-refractivity contribution in [3.8, 4) is 0 Å². The van der Waals surface area contributed by atoms with Crippen molar-refractivity contribution >= 4 is 5.84 Å². The van der Waals surface area contributed by atoms with Crippen molar-refractivity contribution in [3.63, 3.8) is 0 Å². The molecule has 27 heavy (non-hydrogen) atoms. The van der Waals surface area contributed by atoms with E-state index in [0.29, 0.717) is 0 Å². The quantitative estimate of drug-likeness (QED) is 0.621. The van der Waals surface area contributed by atoms with Gasteiger partial charge in [0.25, 0.3) is 0 Å². The van der Waals surface area contributed by atoms with Crippen LogP contribution in [-0.2, 0) is 12.8 Å². The lowest BCUT2D eigenvalue weighted by atomic mass is 9.92. The van der Waals surface area contributed by atoms with Gasteiger partial charge in [-0.25, -0.2) is 0 Å². The van der Waals surface area contributed by atoms with E-state index >= 15 is 0 Å². The van der Waals surface area contributed by atoms with Crippen LogP contribution in [0.5, 0.6) is 0 Å². The highest BCUT2D eigenvalue weighted by molar-refractivity contribution is 5.83. The second-order valence-electron chi connectivity index (χ2n) is 7.21. The van der Waals surface area contributed by atoms with Gasteiger partial charge in [-0.3, -0.25) is 4.99 Å². The molecule has 2 nitrogen and oxygen atoms in total. The van der Waals surface area contributed by atoms with Crippen LogP contribution < -0.4 is 0 Å².